The predicted molar refractivity (Wildman–Crippen MR) is 57.1 cm³/mol. The van der Waals surface area contributed by atoms with Crippen LogP contribution in [0.1, 0.15) is 0 Å². The van der Waals surface area contributed by atoms with Crippen LogP contribution in [-0.2, 0) is 0 Å². The Labute approximate surface area is 94.6 Å². The maximum absolute atomic E-state index is 11.5. The van der Waals surface area contributed by atoms with Gasteiger partial charge >= 0.3 is 0 Å². The van der Waals surface area contributed by atoms with Gasteiger partial charge in [-0.15, -0.1) is 5.53 Å². The first-order valence-corrected chi connectivity index (χ1v) is 4.70. The average Bonchev–Trinajstić information content (AvgIpc) is 2.19. The van der Waals surface area contributed by atoms with Crippen LogP contribution in [-0.4, -0.2) is 5.12 Å². The van der Waals surface area contributed by atoms with Gasteiger partial charge in [-0.3, -0.25) is 5.84 Å². The fourth-order valence-corrected chi connectivity index (χ4v) is 1.77. The number of fused-ring (bicyclic) bond motifs is 1. The first-order chi connectivity index (χ1) is 7.11. The number of hydrazine groups is 4. The summed E-state index contributed by atoms with van der Waals surface area (Å²) < 4.78 is 0. The van der Waals surface area contributed by atoms with Gasteiger partial charge in [-0.1, -0.05) is 33.6 Å². The summed E-state index contributed by atoms with van der Waals surface area (Å²) in [5.41, 5.74) is 4.63. The molecule has 0 aromatic heterocycles. The molecular weight excluding hydrogens is 241 g/mol. The number of benzene rings is 1. The fraction of sp³-hybridized carbons (Fsp3) is 0. The SMILES string of the molecule is NNN1C=c2c(Cl)cc(Cl)cc2=[N+]([O-])N1. The summed E-state index contributed by atoms with van der Waals surface area (Å²) in [4.78, 5) is 0.507. The van der Waals surface area contributed by atoms with E-state index in [1.165, 1.54) is 11.2 Å². The summed E-state index contributed by atoms with van der Waals surface area (Å²) in [6.07, 6.45) is 1.54. The van der Waals surface area contributed by atoms with E-state index in [-0.39, 0.29) is 0 Å². The molecule has 0 spiro atoms. The van der Waals surface area contributed by atoms with Crippen LogP contribution in [0, 0.1) is 5.21 Å². The van der Waals surface area contributed by atoms with Crippen LogP contribution in [0.3, 0.4) is 0 Å². The van der Waals surface area contributed by atoms with E-state index in [0.717, 1.165) is 0 Å². The number of nitrogens with two attached hydrogens (primary N) is 1. The van der Waals surface area contributed by atoms with E-state index in [1.807, 2.05) is 0 Å². The Kier molecular flexibility index (Phi) is 2.57. The second-order valence-electron chi connectivity index (χ2n) is 2.84. The van der Waals surface area contributed by atoms with E-state index in [4.69, 9.17) is 29.0 Å². The van der Waals surface area contributed by atoms with Gasteiger partial charge in [0.1, 0.15) is 0 Å². The Morgan fingerprint density at radius 2 is 2.20 bits per heavy atom. The zero-order valence-electron chi connectivity index (χ0n) is 7.37. The smallest absolute Gasteiger partial charge is 0.255 e. The molecule has 8 heteroatoms. The standard InChI is InChI=1S/C7H7Cl2N5O/c8-4-1-6(9)5-3-13(11-10)12-14(15)7(5)2-4/h1-3,11-12H,10H2. The zero-order chi connectivity index (χ0) is 11.0. The Morgan fingerprint density at radius 3 is 2.87 bits per heavy atom. The van der Waals surface area contributed by atoms with Gasteiger partial charge in [-0.25, -0.2) is 0 Å². The summed E-state index contributed by atoms with van der Waals surface area (Å²) in [6, 6.07) is 3.05. The molecule has 2 rings (SSSR count). The summed E-state index contributed by atoms with van der Waals surface area (Å²) in [5, 5.41) is 14.3. The van der Waals surface area contributed by atoms with E-state index < -0.39 is 0 Å². The van der Waals surface area contributed by atoms with E-state index in [2.05, 4.69) is 11.1 Å². The third-order valence-corrected chi connectivity index (χ3v) is 2.42. The van der Waals surface area contributed by atoms with Crippen LogP contribution in [0.5, 0.6) is 0 Å². The molecule has 1 heterocycles. The van der Waals surface area contributed by atoms with Crippen LogP contribution >= 0.6 is 23.2 Å². The highest BCUT2D eigenvalue weighted by atomic mass is 35.5. The van der Waals surface area contributed by atoms with Crippen molar-refractivity contribution in [2.75, 3.05) is 0 Å². The first kappa shape index (κ1) is 10.3. The van der Waals surface area contributed by atoms with Crippen LogP contribution in [0.15, 0.2) is 12.1 Å². The van der Waals surface area contributed by atoms with E-state index in [9.17, 15) is 5.21 Å². The van der Waals surface area contributed by atoms with Crippen molar-refractivity contribution in [1.82, 2.24) is 21.0 Å². The summed E-state index contributed by atoms with van der Waals surface area (Å²) in [7, 11) is 0. The lowest BCUT2D eigenvalue weighted by Crippen LogP contribution is -2.61. The highest BCUT2D eigenvalue weighted by Crippen LogP contribution is 2.08. The van der Waals surface area contributed by atoms with Crippen molar-refractivity contribution >= 4 is 29.4 Å². The minimum atomic E-state index is 0.332. The number of halogens is 2. The summed E-state index contributed by atoms with van der Waals surface area (Å²) in [5.74, 6) is 5.15. The maximum Gasteiger partial charge on any atom is 0.255 e. The molecule has 1 aromatic carbocycles. The molecule has 15 heavy (non-hydrogen) atoms. The molecule has 1 aromatic rings. The molecule has 6 nitrogen and oxygen atoms in total. The first-order valence-electron chi connectivity index (χ1n) is 3.95. The normalized spacial score (nSPS) is 14.3. The number of nitrogens with zero attached hydrogens (tertiary/aromatic N) is 2. The molecule has 0 amide bonds. The molecule has 0 atom stereocenters. The minimum absolute atomic E-state index is 0.332. The Hall–Kier alpha value is -1.21. The third-order valence-electron chi connectivity index (χ3n) is 1.89. The number of hydrogen-bond donors (Lipinski definition) is 3. The van der Waals surface area contributed by atoms with Crippen LogP contribution in [0.2, 0.25) is 10.0 Å². The topological polar surface area (TPSA) is 79.4 Å². The van der Waals surface area contributed by atoms with E-state index in [1.54, 1.807) is 12.3 Å². The lowest BCUT2D eigenvalue weighted by atomic mass is 10.3. The molecule has 0 aliphatic carbocycles. The van der Waals surface area contributed by atoms with Gasteiger partial charge in [0.25, 0.3) is 5.36 Å². The minimum Gasteiger partial charge on any atom is -0.594 e. The van der Waals surface area contributed by atoms with Crippen molar-refractivity contribution in [3.8, 4) is 0 Å². The summed E-state index contributed by atoms with van der Waals surface area (Å²) in [6.45, 7) is 0. The Morgan fingerprint density at radius 1 is 1.47 bits per heavy atom. The van der Waals surface area contributed by atoms with Crippen molar-refractivity contribution in [1.29, 1.82) is 0 Å². The Balaban J connectivity index is 2.77. The zero-order valence-corrected chi connectivity index (χ0v) is 8.88. The van der Waals surface area contributed by atoms with Gasteiger partial charge in [0.2, 0.25) is 0 Å². The molecule has 0 unspecified atom stereocenters. The van der Waals surface area contributed by atoms with Crippen molar-refractivity contribution in [3.63, 3.8) is 0 Å². The van der Waals surface area contributed by atoms with Crippen LogP contribution < -0.4 is 32.3 Å². The van der Waals surface area contributed by atoms with Crippen molar-refractivity contribution < 1.29 is 0 Å². The molecular formula is C7H7Cl2N5O. The molecule has 80 valence electrons. The molecule has 0 saturated carbocycles. The van der Waals surface area contributed by atoms with Gasteiger partial charge in [0.05, 0.1) is 16.4 Å². The van der Waals surface area contributed by atoms with Gasteiger partial charge in [-0.05, 0) is 6.07 Å². The number of rotatable bonds is 1. The van der Waals surface area contributed by atoms with Crippen molar-refractivity contribution in [2.24, 2.45) is 5.84 Å². The maximum atomic E-state index is 11.5. The molecule has 1 aliphatic heterocycles. The van der Waals surface area contributed by atoms with Crippen molar-refractivity contribution in [2.45, 2.75) is 0 Å². The van der Waals surface area contributed by atoms with Crippen molar-refractivity contribution in [3.05, 3.63) is 38.0 Å². The summed E-state index contributed by atoms with van der Waals surface area (Å²) >= 11 is 11.7. The molecule has 0 radical (unpaired) electrons. The fourth-order valence-electron chi connectivity index (χ4n) is 1.24. The van der Waals surface area contributed by atoms with Crippen LogP contribution in [0.4, 0.5) is 0 Å². The second-order valence-corrected chi connectivity index (χ2v) is 3.69. The second kappa shape index (κ2) is 3.74. The predicted octanol–water partition coefficient (Wildman–Crippen LogP) is -1.17. The number of nitrogens with one attached hydrogen (secondary N) is 2. The van der Waals surface area contributed by atoms with Gasteiger partial charge in [0.15, 0.2) is 0 Å². The van der Waals surface area contributed by atoms with Crippen LogP contribution in [0.25, 0.3) is 6.20 Å². The Bertz CT molecular complexity index is 517. The highest BCUT2D eigenvalue weighted by Gasteiger charge is 2.13. The number of hydrogen-bond acceptors (Lipinski definition) is 5. The molecule has 4 N–H and O–H groups in total. The van der Waals surface area contributed by atoms with Gasteiger partial charge < -0.3 is 5.21 Å². The molecule has 0 saturated heterocycles. The van der Waals surface area contributed by atoms with Gasteiger partial charge in [0, 0.05) is 11.1 Å². The monoisotopic (exact) mass is 247 g/mol. The largest absolute Gasteiger partial charge is 0.594 e. The average molecular weight is 248 g/mol. The van der Waals surface area contributed by atoms with E-state index in [0.29, 0.717) is 25.5 Å². The molecule has 1 aliphatic rings. The quantitative estimate of drug-likeness (QED) is 0.253. The third kappa shape index (κ3) is 1.80. The van der Waals surface area contributed by atoms with Gasteiger partial charge in [-0.2, -0.15) is 5.12 Å². The lowest BCUT2D eigenvalue weighted by molar-refractivity contribution is 0.164. The highest BCUT2D eigenvalue weighted by molar-refractivity contribution is 6.34. The molecule has 0 bridgehead atoms. The van der Waals surface area contributed by atoms with E-state index >= 15 is 0 Å². The molecule has 0 fully saturated rings. The lowest BCUT2D eigenvalue weighted by Gasteiger charge is -2.20.